The van der Waals surface area contributed by atoms with Gasteiger partial charge in [0.25, 0.3) is 0 Å². The molecule has 17 heavy (non-hydrogen) atoms. The van der Waals surface area contributed by atoms with Gasteiger partial charge in [-0.15, -0.1) is 0 Å². The van der Waals surface area contributed by atoms with Crippen molar-refractivity contribution in [1.29, 1.82) is 0 Å². The van der Waals surface area contributed by atoms with Crippen molar-refractivity contribution in [3.63, 3.8) is 0 Å². The lowest BCUT2D eigenvalue weighted by molar-refractivity contribution is 0.186. The molecule has 3 N–H and O–H groups in total. The maximum atomic E-state index is 11.1. The van der Waals surface area contributed by atoms with Gasteiger partial charge in [0, 0.05) is 15.5 Å². The van der Waals surface area contributed by atoms with Crippen molar-refractivity contribution in [1.82, 2.24) is 0 Å². The lowest BCUT2D eigenvalue weighted by Gasteiger charge is -2.11. The lowest BCUT2D eigenvalue weighted by atomic mass is 10.1. The van der Waals surface area contributed by atoms with Gasteiger partial charge in [-0.25, -0.2) is 13.6 Å². The van der Waals surface area contributed by atoms with Crippen LogP contribution in [0, 0.1) is 0 Å². The van der Waals surface area contributed by atoms with Crippen LogP contribution in [0.4, 0.5) is 0 Å². The standard InChI is InChI=1S/C8H9ClN4O3S/c9-7-2-1-5(17(11,15)16)3-6(7)8(14)4-12-13-10/h1-3,8,14H,4H2,(H2,11,15,16). The zero-order valence-electron chi connectivity index (χ0n) is 8.49. The van der Waals surface area contributed by atoms with E-state index in [-0.39, 0.29) is 22.0 Å². The second kappa shape index (κ2) is 5.35. The van der Waals surface area contributed by atoms with Gasteiger partial charge >= 0.3 is 0 Å². The number of primary sulfonamides is 1. The van der Waals surface area contributed by atoms with E-state index in [0.29, 0.717) is 0 Å². The number of rotatable bonds is 4. The summed E-state index contributed by atoms with van der Waals surface area (Å²) in [6.45, 7) is -0.246. The first-order valence-corrected chi connectivity index (χ1v) is 6.30. The lowest BCUT2D eigenvalue weighted by Crippen LogP contribution is -2.13. The van der Waals surface area contributed by atoms with Gasteiger partial charge in [0.05, 0.1) is 17.5 Å². The highest BCUT2D eigenvalue weighted by Gasteiger charge is 2.15. The third-order valence-electron chi connectivity index (χ3n) is 1.97. The molecule has 0 bridgehead atoms. The van der Waals surface area contributed by atoms with Gasteiger partial charge in [-0.3, -0.25) is 0 Å². The zero-order valence-corrected chi connectivity index (χ0v) is 10.1. The van der Waals surface area contributed by atoms with Crippen LogP contribution in [-0.4, -0.2) is 20.1 Å². The second-order valence-corrected chi connectivity index (χ2v) is 5.13. The van der Waals surface area contributed by atoms with Gasteiger partial charge in [-0.1, -0.05) is 16.7 Å². The molecule has 0 spiro atoms. The topological polar surface area (TPSA) is 129 Å². The monoisotopic (exact) mass is 276 g/mol. The van der Waals surface area contributed by atoms with Crippen molar-refractivity contribution in [3.05, 3.63) is 39.2 Å². The van der Waals surface area contributed by atoms with E-state index in [9.17, 15) is 13.5 Å². The van der Waals surface area contributed by atoms with E-state index >= 15 is 0 Å². The predicted molar refractivity (Wildman–Crippen MR) is 61.8 cm³/mol. The van der Waals surface area contributed by atoms with E-state index in [0.717, 1.165) is 6.07 Å². The number of sulfonamides is 1. The average molecular weight is 277 g/mol. The Labute approximate surface area is 102 Å². The average Bonchev–Trinajstić information content (AvgIpc) is 2.24. The Morgan fingerprint density at radius 2 is 2.24 bits per heavy atom. The molecule has 1 atom stereocenters. The van der Waals surface area contributed by atoms with Gasteiger partial charge in [0.1, 0.15) is 0 Å². The molecule has 0 fully saturated rings. The van der Waals surface area contributed by atoms with Crippen molar-refractivity contribution in [3.8, 4) is 0 Å². The van der Waals surface area contributed by atoms with Crippen molar-refractivity contribution < 1.29 is 13.5 Å². The van der Waals surface area contributed by atoms with Crippen molar-refractivity contribution in [2.45, 2.75) is 11.0 Å². The predicted octanol–water partition coefficient (Wildman–Crippen LogP) is 1.33. The van der Waals surface area contributed by atoms with Crippen LogP contribution >= 0.6 is 11.6 Å². The zero-order chi connectivity index (χ0) is 13.1. The number of nitrogens with zero attached hydrogens (tertiary/aromatic N) is 3. The fourth-order valence-electron chi connectivity index (χ4n) is 1.17. The molecule has 0 aromatic heterocycles. The Hall–Kier alpha value is -1.31. The highest BCUT2D eigenvalue weighted by Crippen LogP contribution is 2.25. The molecule has 92 valence electrons. The molecular weight excluding hydrogens is 268 g/mol. The molecule has 1 unspecified atom stereocenters. The van der Waals surface area contributed by atoms with E-state index in [1.165, 1.54) is 12.1 Å². The fraction of sp³-hybridized carbons (Fsp3) is 0.250. The van der Waals surface area contributed by atoms with Crippen LogP contribution in [0.15, 0.2) is 28.2 Å². The van der Waals surface area contributed by atoms with Crippen LogP contribution in [0.25, 0.3) is 10.4 Å². The van der Waals surface area contributed by atoms with E-state index < -0.39 is 16.1 Å². The number of nitrogens with two attached hydrogens (primary N) is 1. The first kappa shape index (κ1) is 13.8. The Kier molecular flexibility index (Phi) is 4.33. The number of halogens is 1. The second-order valence-electron chi connectivity index (χ2n) is 3.16. The number of hydrogen-bond donors (Lipinski definition) is 2. The summed E-state index contributed by atoms with van der Waals surface area (Å²) < 4.78 is 22.2. The SMILES string of the molecule is [N-]=[N+]=NCC(O)c1cc(S(N)(=O)=O)ccc1Cl. The number of benzene rings is 1. The molecule has 0 aliphatic rings. The number of hydrogen-bond acceptors (Lipinski definition) is 4. The van der Waals surface area contributed by atoms with Crippen molar-refractivity contribution in [2.24, 2.45) is 10.3 Å². The molecule has 0 aliphatic carbocycles. The van der Waals surface area contributed by atoms with E-state index in [1.807, 2.05) is 0 Å². The molecule has 9 heteroatoms. The van der Waals surface area contributed by atoms with Crippen molar-refractivity contribution in [2.75, 3.05) is 6.54 Å². The van der Waals surface area contributed by atoms with Gasteiger partial charge in [-0.2, -0.15) is 0 Å². The Bertz CT molecular complexity index is 568. The van der Waals surface area contributed by atoms with Crippen LogP contribution in [-0.2, 0) is 10.0 Å². The minimum atomic E-state index is -3.87. The highest BCUT2D eigenvalue weighted by molar-refractivity contribution is 7.89. The summed E-state index contributed by atoms with van der Waals surface area (Å²) in [5.41, 5.74) is 8.26. The first-order valence-electron chi connectivity index (χ1n) is 4.37. The minimum Gasteiger partial charge on any atom is -0.388 e. The smallest absolute Gasteiger partial charge is 0.238 e. The summed E-state index contributed by atoms with van der Waals surface area (Å²) in [5, 5.41) is 17.9. The molecule has 0 heterocycles. The Morgan fingerprint density at radius 1 is 1.59 bits per heavy atom. The van der Waals surface area contributed by atoms with Crippen LogP contribution in [0.1, 0.15) is 11.7 Å². The first-order chi connectivity index (χ1) is 7.86. The number of aliphatic hydroxyl groups is 1. The highest BCUT2D eigenvalue weighted by atomic mass is 35.5. The fourth-order valence-corrected chi connectivity index (χ4v) is 1.96. The summed E-state index contributed by atoms with van der Waals surface area (Å²) in [6.07, 6.45) is -1.18. The van der Waals surface area contributed by atoms with E-state index in [1.54, 1.807) is 0 Å². The molecule has 0 saturated carbocycles. The summed E-state index contributed by atoms with van der Waals surface area (Å²) in [4.78, 5) is 2.31. The molecule has 1 aromatic rings. The van der Waals surface area contributed by atoms with Gasteiger partial charge < -0.3 is 5.11 Å². The Balaban J connectivity index is 3.19. The van der Waals surface area contributed by atoms with E-state index in [4.69, 9.17) is 22.3 Å². The number of azide groups is 1. The molecule has 0 saturated heterocycles. The maximum absolute atomic E-state index is 11.1. The quantitative estimate of drug-likeness (QED) is 0.489. The summed E-state index contributed by atoms with van der Waals surface area (Å²) in [5.74, 6) is 0. The van der Waals surface area contributed by atoms with Crippen LogP contribution in [0.2, 0.25) is 5.02 Å². The molecule has 0 amide bonds. The number of aliphatic hydroxyl groups excluding tert-OH is 1. The molecule has 0 radical (unpaired) electrons. The van der Waals surface area contributed by atoms with E-state index in [2.05, 4.69) is 10.0 Å². The van der Waals surface area contributed by atoms with Gasteiger partial charge in [-0.05, 0) is 23.7 Å². The van der Waals surface area contributed by atoms with Crippen LogP contribution < -0.4 is 5.14 Å². The molecule has 0 aliphatic heterocycles. The Morgan fingerprint density at radius 3 is 2.76 bits per heavy atom. The largest absolute Gasteiger partial charge is 0.388 e. The van der Waals surface area contributed by atoms with Crippen LogP contribution in [0.5, 0.6) is 0 Å². The third-order valence-corrected chi connectivity index (χ3v) is 3.23. The van der Waals surface area contributed by atoms with Gasteiger partial charge in [0.2, 0.25) is 10.0 Å². The third kappa shape index (κ3) is 3.58. The molecule has 1 rings (SSSR count). The molecule has 7 nitrogen and oxygen atoms in total. The van der Waals surface area contributed by atoms with Gasteiger partial charge in [0.15, 0.2) is 0 Å². The van der Waals surface area contributed by atoms with Crippen molar-refractivity contribution >= 4 is 21.6 Å². The molecule has 1 aromatic carbocycles. The molecular formula is C8H9ClN4O3S. The maximum Gasteiger partial charge on any atom is 0.238 e. The minimum absolute atomic E-state index is 0.144. The summed E-state index contributed by atoms with van der Waals surface area (Å²) >= 11 is 5.79. The summed E-state index contributed by atoms with van der Waals surface area (Å²) in [7, 11) is -3.87. The van der Waals surface area contributed by atoms with Crippen LogP contribution in [0.3, 0.4) is 0 Å². The summed E-state index contributed by atoms with van der Waals surface area (Å²) in [6, 6.07) is 3.67. The normalized spacial score (nSPS) is 12.9.